The maximum absolute atomic E-state index is 4.42. The van der Waals surface area contributed by atoms with Gasteiger partial charge in [-0.3, -0.25) is 9.97 Å². The lowest BCUT2D eigenvalue weighted by molar-refractivity contribution is 0.946. The van der Waals surface area contributed by atoms with Crippen LogP contribution in [0.3, 0.4) is 0 Å². The lowest BCUT2D eigenvalue weighted by Gasteiger charge is -1.90. The summed E-state index contributed by atoms with van der Waals surface area (Å²) in [6, 6.07) is 0. The summed E-state index contributed by atoms with van der Waals surface area (Å²) >= 11 is 1.56. The molecule has 6 heteroatoms. The number of aryl methyl sites for hydroxylation is 1. The van der Waals surface area contributed by atoms with Gasteiger partial charge >= 0.3 is 0 Å². The van der Waals surface area contributed by atoms with Crippen molar-refractivity contribution in [1.29, 1.82) is 0 Å². The minimum atomic E-state index is 0.771. The standard InChI is InChI=1S/C9H7N5S/c1-6-13-14-5-8(12-9(14)15-6)7-4-10-2-3-11-7/h2-5H,1H3. The first-order valence-corrected chi connectivity index (χ1v) is 5.24. The van der Waals surface area contributed by atoms with Gasteiger partial charge in [0.15, 0.2) is 0 Å². The number of nitrogens with zero attached hydrogens (tertiary/aromatic N) is 5. The fourth-order valence-electron chi connectivity index (χ4n) is 1.35. The molecule has 0 aromatic carbocycles. The van der Waals surface area contributed by atoms with Crippen molar-refractivity contribution in [3.63, 3.8) is 0 Å². The molecule has 0 bridgehead atoms. The van der Waals surface area contributed by atoms with E-state index < -0.39 is 0 Å². The van der Waals surface area contributed by atoms with Crippen LogP contribution in [0.25, 0.3) is 16.3 Å². The molecule has 15 heavy (non-hydrogen) atoms. The third-order valence-electron chi connectivity index (χ3n) is 1.97. The molecule has 3 heterocycles. The molecular weight excluding hydrogens is 210 g/mol. The van der Waals surface area contributed by atoms with Crippen LogP contribution in [-0.4, -0.2) is 24.6 Å². The first-order chi connectivity index (χ1) is 7.33. The summed E-state index contributed by atoms with van der Waals surface area (Å²) in [6.45, 7) is 1.96. The molecule has 0 amide bonds. The van der Waals surface area contributed by atoms with E-state index in [9.17, 15) is 0 Å². The van der Waals surface area contributed by atoms with Crippen molar-refractivity contribution >= 4 is 16.3 Å². The lowest BCUT2D eigenvalue weighted by Crippen LogP contribution is -1.84. The number of aromatic nitrogens is 5. The summed E-state index contributed by atoms with van der Waals surface area (Å²) in [7, 11) is 0. The highest BCUT2D eigenvalue weighted by molar-refractivity contribution is 7.16. The Kier molecular flexibility index (Phi) is 1.75. The molecule has 0 saturated carbocycles. The number of rotatable bonds is 1. The molecule has 3 rings (SSSR count). The number of hydrogen-bond donors (Lipinski definition) is 0. The van der Waals surface area contributed by atoms with E-state index in [1.807, 2.05) is 13.1 Å². The van der Waals surface area contributed by atoms with Crippen molar-refractivity contribution in [2.24, 2.45) is 0 Å². The van der Waals surface area contributed by atoms with Gasteiger partial charge in [-0.1, -0.05) is 11.3 Å². The Bertz CT molecular complexity index is 566. The third-order valence-corrected chi connectivity index (χ3v) is 2.81. The average molecular weight is 217 g/mol. The molecule has 0 fully saturated rings. The molecule has 0 saturated heterocycles. The van der Waals surface area contributed by atoms with Gasteiger partial charge in [-0.15, -0.1) is 0 Å². The van der Waals surface area contributed by atoms with Crippen molar-refractivity contribution in [1.82, 2.24) is 24.6 Å². The van der Waals surface area contributed by atoms with Crippen LogP contribution < -0.4 is 0 Å². The fourth-order valence-corrected chi connectivity index (χ4v) is 2.08. The van der Waals surface area contributed by atoms with E-state index in [2.05, 4.69) is 20.1 Å². The molecule has 3 aromatic rings. The molecule has 0 aliphatic heterocycles. The highest BCUT2D eigenvalue weighted by Gasteiger charge is 2.08. The van der Waals surface area contributed by atoms with Gasteiger partial charge in [-0.05, 0) is 6.92 Å². The van der Waals surface area contributed by atoms with Crippen LogP contribution in [0.4, 0.5) is 0 Å². The van der Waals surface area contributed by atoms with Gasteiger partial charge < -0.3 is 0 Å². The molecule has 0 aliphatic carbocycles. The molecule has 5 nitrogen and oxygen atoms in total. The quantitative estimate of drug-likeness (QED) is 0.620. The predicted molar refractivity (Wildman–Crippen MR) is 56.6 cm³/mol. The highest BCUT2D eigenvalue weighted by Crippen LogP contribution is 2.19. The Morgan fingerprint density at radius 3 is 2.93 bits per heavy atom. The maximum atomic E-state index is 4.42. The van der Waals surface area contributed by atoms with Gasteiger partial charge in [-0.25, -0.2) is 9.50 Å². The van der Waals surface area contributed by atoms with Crippen LogP contribution in [0.2, 0.25) is 0 Å². The molecule has 74 valence electrons. The molecule has 0 radical (unpaired) electrons. The van der Waals surface area contributed by atoms with Crippen LogP contribution in [0.5, 0.6) is 0 Å². The predicted octanol–water partition coefficient (Wildman–Crippen LogP) is 1.56. The van der Waals surface area contributed by atoms with Gasteiger partial charge in [-0.2, -0.15) is 5.10 Å². The van der Waals surface area contributed by atoms with Crippen LogP contribution in [-0.2, 0) is 0 Å². The molecule has 0 spiro atoms. The van der Waals surface area contributed by atoms with E-state index in [4.69, 9.17) is 0 Å². The molecule has 0 aliphatic rings. The van der Waals surface area contributed by atoms with Gasteiger partial charge in [0.05, 0.1) is 12.4 Å². The van der Waals surface area contributed by atoms with Crippen LogP contribution in [0.15, 0.2) is 24.8 Å². The Morgan fingerprint density at radius 2 is 2.20 bits per heavy atom. The van der Waals surface area contributed by atoms with Crippen molar-refractivity contribution in [2.75, 3.05) is 0 Å². The monoisotopic (exact) mass is 217 g/mol. The molecule has 0 atom stereocenters. The summed E-state index contributed by atoms with van der Waals surface area (Å²) in [5, 5.41) is 5.29. The zero-order chi connectivity index (χ0) is 10.3. The summed E-state index contributed by atoms with van der Waals surface area (Å²) in [5.74, 6) is 0. The molecule has 3 aromatic heterocycles. The van der Waals surface area contributed by atoms with Crippen molar-refractivity contribution in [3.05, 3.63) is 29.8 Å². The summed E-state index contributed by atoms with van der Waals surface area (Å²) in [4.78, 5) is 13.5. The first-order valence-electron chi connectivity index (χ1n) is 4.42. The van der Waals surface area contributed by atoms with E-state index >= 15 is 0 Å². The average Bonchev–Trinajstić information content (AvgIpc) is 2.76. The summed E-state index contributed by atoms with van der Waals surface area (Å²) in [5.41, 5.74) is 1.58. The van der Waals surface area contributed by atoms with Crippen molar-refractivity contribution in [3.8, 4) is 11.4 Å². The Balaban J connectivity index is 2.16. The Labute approximate surface area is 89.5 Å². The fraction of sp³-hybridized carbons (Fsp3) is 0.111. The second kappa shape index (κ2) is 3.09. The maximum Gasteiger partial charge on any atom is 0.212 e. The Morgan fingerprint density at radius 1 is 1.27 bits per heavy atom. The zero-order valence-electron chi connectivity index (χ0n) is 7.95. The van der Waals surface area contributed by atoms with Crippen LogP contribution in [0.1, 0.15) is 5.01 Å². The van der Waals surface area contributed by atoms with Crippen molar-refractivity contribution < 1.29 is 0 Å². The van der Waals surface area contributed by atoms with Crippen LogP contribution in [0, 0.1) is 6.92 Å². The van der Waals surface area contributed by atoms with Gasteiger partial charge in [0.25, 0.3) is 0 Å². The van der Waals surface area contributed by atoms with E-state index in [0.29, 0.717) is 0 Å². The smallest absolute Gasteiger partial charge is 0.212 e. The Hall–Kier alpha value is -1.82. The molecule has 0 unspecified atom stereocenters. The highest BCUT2D eigenvalue weighted by atomic mass is 32.1. The van der Waals surface area contributed by atoms with E-state index in [-0.39, 0.29) is 0 Å². The first kappa shape index (κ1) is 8.49. The number of fused-ring (bicyclic) bond motifs is 1. The summed E-state index contributed by atoms with van der Waals surface area (Å²) < 4.78 is 1.77. The topological polar surface area (TPSA) is 56.0 Å². The van der Waals surface area contributed by atoms with E-state index in [1.165, 1.54) is 0 Å². The summed E-state index contributed by atoms with van der Waals surface area (Å²) in [6.07, 6.45) is 6.86. The largest absolute Gasteiger partial charge is 0.261 e. The normalized spacial score (nSPS) is 11.0. The van der Waals surface area contributed by atoms with Gasteiger partial charge in [0.1, 0.15) is 16.4 Å². The minimum Gasteiger partial charge on any atom is -0.261 e. The second-order valence-electron chi connectivity index (χ2n) is 3.07. The number of imidazole rings is 1. The van der Waals surface area contributed by atoms with Gasteiger partial charge in [0, 0.05) is 12.4 Å². The van der Waals surface area contributed by atoms with Crippen molar-refractivity contribution in [2.45, 2.75) is 6.92 Å². The second-order valence-corrected chi connectivity index (χ2v) is 4.23. The zero-order valence-corrected chi connectivity index (χ0v) is 8.77. The third kappa shape index (κ3) is 1.39. The van der Waals surface area contributed by atoms with Crippen LogP contribution >= 0.6 is 11.3 Å². The molecule has 0 N–H and O–H groups in total. The number of hydrogen-bond acceptors (Lipinski definition) is 5. The lowest BCUT2D eigenvalue weighted by atomic mass is 10.3. The van der Waals surface area contributed by atoms with E-state index in [0.717, 1.165) is 21.4 Å². The molecular formula is C9H7N5S. The SMILES string of the molecule is Cc1nn2cc(-c3cnccn3)nc2s1. The van der Waals surface area contributed by atoms with Gasteiger partial charge in [0.2, 0.25) is 4.96 Å². The minimum absolute atomic E-state index is 0.771. The van der Waals surface area contributed by atoms with E-state index in [1.54, 1.807) is 34.4 Å².